The van der Waals surface area contributed by atoms with Gasteiger partial charge in [-0.2, -0.15) is 0 Å². The third-order valence-corrected chi connectivity index (χ3v) is 6.85. The summed E-state index contributed by atoms with van der Waals surface area (Å²) in [6.45, 7) is 1.60. The van der Waals surface area contributed by atoms with Crippen molar-refractivity contribution in [1.82, 2.24) is 19.1 Å². The zero-order valence-corrected chi connectivity index (χ0v) is 17.9. The van der Waals surface area contributed by atoms with E-state index in [1.165, 1.54) is 16.5 Å². The van der Waals surface area contributed by atoms with E-state index in [0.717, 1.165) is 48.1 Å². The summed E-state index contributed by atoms with van der Waals surface area (Å²) in [5, 5.41) is 2.15. The van der Waals surface area contributed by atoms with Gasteiger partial charge in [0.15, 0.2) is 0 Å². The van der Waals surface area contributed by atoms with Gasteiger partial charge < -0.3 is 20.6 Å². The molecule has 0 saturated heterocycles. The highest BCUT2D eigenvalue weighted by molar-refractivity contribution is 6.02. The standard InChI is InChI=1S/C26H26N6/c27-13-18-10-21(11-18)32-15-22(24-25(28)29-16-30-26(24)32)19-6-7-23-20(12-19)8-9-31(23)14-17-4-2-1-3-5-17/h1-9,12,15-16,18,21H,10-11,13-14,27H2,(H2,28,29,30). The largest absolute Gasteiger partial charge is 0.383 e. The van der Waals surface area contributed by atoms with Crippen molar-refractivity contribution >= 4 is 27.8 Å². The van der Waals surface area contributed by atoms with E-state index in [0.29, 0.717) is 17.8 Å². The van der Waals surface area contributed by atoms with Crippen LogP contribution in [0.15, 0.2) is 73.3 Å². The SMILES string of the molecule is NCC1CC(n2cc(-c3ccc4c(ccn4Cc4ccccc4)c3)c3c(N)ncnc32)C1. The first-order valence-corrected chi connectivity index (χ1v) is 11.2. The van der Waals surface area contributed by atoms with Gasteiger partial charge in [-0.15, -0.1) is 0 Å². The zero-order chi connectivity index (χ0) is 21.7. The van der Waals surface area contributed by atoms with E-state index in [-0.39, 0.29) is 0 Å². The van der Waals surface area contributed by atoms with Gasteiger partial charge in [0.2, 0.25) is 0 Å². The van der Waals surface area contributed by atoms with Crippen LogP contribution in [0.3, 0.4) is 0 Å². The lowest BCUT2D eigenvalue weighted by Crippen LogP contribution is -2.31. The number of rotatable bonds is 5. The first kappa shape index (κ1) is 19.1. The Kier molecular flexibility index (Phi) is 4.47. The molecule has 0 unspecified atom stereocenters. The summed E-state index contributed by atoms with van der Waals surface area (Å²) < 4.78 is 4.57. The van der Waals surface area contributed by atoms with Gasteiger partial charge in [0.25, 0.3) is 0 Å². The molecule has 4 N–H and O–H groups in total. The summed E-state index contributed by atoms with van der Waals surface area (Å²) in [6, 6.07) is 19.8. The van der Waals surface area contributed by atoms with E-state index < -0.39 is 0 Å². The van der Waals surface area contributed by atoms with Crippen molar-refractivity contribution < 1.29 is 0 Å². The predicted octanol–water partition coefficient (Wildman–Crippen LogP) is 4.59. The second-order valence-electron chi connectivity index (χ2n) is 8.84. The summed E-state index contributed by atoms with van der Waals surface area (Å²) in [5.74, 6) is 1.13. The molecular weight excluding hydrogens is 396 g/mol. The number of hydrogen-bond acceptors (Lipinski definition) is 4. The Hall–Kier alpha value is -3.64. The molecule has 1 aliphatic carbocycles. The Labute approximate surface area is 186 Å². The first-order chi connectivity index (χ1) is 15.7. The molecule has 6 nitrogen and oxygen atoms in total. The fourth-order valence-electron chi connectivity index (χ4n) is 5.01. The average Bonchev–Trinajstić information content (AvgIpc) is 3.36. The molecule has 0 spiro atoms. The van der Waals surface area contributed by atoms with Crippen LogP contribution in [-0.2, 0) is 6.54 Å². The van der Waals surface area contributed by atoms with Crippen LogP contribution >= 0.6 is 0 Å². The number of nitrogen functional groups attached to an aromatic ring is 1. The molecule has 160 valence electrons. The van der Waals surface area contributed by atoms with Gasteiger partial charge in [-0.05, 0) is 54.6 Å². The highest BCUT2D eigenvalue weighted by atomic mass is 15.1. The normalized spacial score (nSPS) is 18.3. The predicted molar refractivity (Wildman–Crippen MR) is 129 cm³/mol. The Morgan fingerprint density at radius 3 is 2.66 bits per heavy atom. The van der Waals surface area contributed by atoms with Gasteiger partial charge in [-0.25, -0.2) is 9.97 Å². The molecule has 6 rings (SSSR count). The lowest BCUT2D eigenvalue weighted by molar-refractivity contribution is 0.209. The van der Waals surface area contributed by atoms with Crippen molar-refractivity contribution in [2.75, 3.05) is 12.3 Å². The summed E-state index contributed by atoms with van der Waals surface area (Å²) in [5.41, 5.74) is 17.8. The van der Waals surface area contributed by atoms with Crippen LogP contribution in [0.1, 0.15) is 24.4 Å². The Morgan fingerprint density at radius 1 is 1.00 bits per heavy atom. The Morgan fingerprint density at radius 2 is 1.84 bits per heavy atom. The molecule has 0 aliphatic heterocycles. The number of nitrogens with two attached hydrogens (primary N) is 2. The summed E-state index contributed by atoms with van der Waals surface area (Å²) in [6.07, 6.45) is 8.10. The van der Waals surface area contributed by atoms with Crippen LogP contribution in [0.2, 0.25) is 0 Å². The highest BCUT2D eigenvalue weighted by Gasteiger charge is 2.31. The third-order valence-electron chi connectivity index (χ3n) is 6.85. The molecular formula is C26H26N6. The fourth-order valence-corrected chi connectivity index (χ4v) is 5.01. The maximum Gasteiger partial charge on any atom is 0.146 e. The molecule has 3 aromatic heterocycles. The molecule has 1 saturated carbocycles. The molecule has 0 amide bonds. The number of hydrogen-bond donors (Lipinski definition) is 2. The van der Waals surface area contributed by atoms with Crippen molar-refractivity contribution in [3.63, 3.8) is 0 Å². The summed E-state index contributed by atoms with van der Waals surface area (Å²) in [7, 11) is 0. The molecule has 3 heterocycles. The maximum atomic E-state index is 6.33. The van der Waals surface area contributed by atoms with Gasteiger partial charge in [0.05, 0.1) is 5.39 Å². The minimum Gasteiger partial charge on any atom is -0.383 e. The van der Waals surface area contributed by atoms with Crippen LogP contribution in [-0.4, -0.2) is 25.6 Å². The molecule has 0 radical (unpaired) electrons. The van der Waals surface area contributed by atoms with E-state index >= 15 is 0 Å². The first-order valence-electron chi connectivity index (χ1n) is 11.2. The molecule has 2 aromatic carbocycles. The van der Waals surface area contributed by atoms with Crippen LogP contribution in [0, 0.1) is 5.92 Å². The monoisotopic (exact) mass is 422 g/mol. The van der Waals surface area contributed by atoms with E-state index in [2.05, 4.69) is 86.1 Å². The second-order valence-corrected chi connectivity index (χ2v) is 8.84. The van der Waals surface area contributed by atoms with Gasteiger partial charge in [0, 0.05) is 41.4 Å². The summed E-state index contributed by atoms with van der Waals surface area (Å²) in [4.78, 5) is 8.88. The Bertz CT molecular complexity index is 1410. The average molecular weight is 423 g/mol. The minimum atomic E-state index is 0.421. The number of anilines is 1. The quantitative estimate of drug-likeness (QED) is 0.433. The van der Waals surface area contributed by atoms with Crippen molar-refractivity contribution in [3.8, 4) is 11.1 Å². The zero-order valence-electron chi connectivity index (χ0n) is 17.9. The van der Waals surface area contributed by atoms with Crippen LogP contribution in [0.5, 0.6) is 0 Å². The fraction of sp³-hybridized carbons (Fsp3) is 0.231. The Balaban J connectivity index is 1.41. The molecule has 5 aromatic rings. The van der Waals surface area contributed by atoms with Gasteiger partial charge in [-0.3, -0.25) is 0 Å². The van der Waals surface area contributed by atoms with Crippen LogP contribution in [0.25, 0.3) is 33.1 Å². The molecule has 32 heavy (non-hydrogen) atoms. The summed E-state index contributed by atoms with van der Waals surface area (Å²) >= 11 is 0. The van der Waals surface area contributed by atoms with Gasteiger partial charge in [-0.1, -0.05) is 36.4 Å². The highest BCUT2D eigenvalue weighted by Crippen LogP contribution is 2.42. The van der Waals surface area contributed by atoms with Gasteiger partial charge >= 0.3 is 0 Å². The van der Waals surface area contributed by atoms with Crippen LogP contribution in [0.4, 0.5) is 5.82 Å². The van der Waals surface area contributed by atoms with Crippen molar-refractivity contribution in [1.29, 1.82) is 0 Å². The lowest BCUT2D eigenvalue weighted by Gasteiger charge is -2.35. The molecule has 1 fully saturated rings. The van der Waals surface area contributed by atoms with Gasteiger partial charge in [0.1, 0.15) is 17.8 Å². The molecule has 0 atom stereocenters. The van der Waals surface area contributed by atoms with Crippen molar-refractivity contribution in [3.05, 3.63) is 78.9 Å². The van der Waals surface area contributed by atoms with E-state index in [9.17, 15) is 0 Å². The number of benzene rings is 2. The number of nitrogens with zero attached hydrogens (tertiary/aromatic N) is 4. The molecule has 0 bridgehead atoms. The molecule has 1 aliphatic rings. The van der Waals surface area contributed by atoms with E-state index in [1.807, 2.05) is 0 Å². The smallest absolute Gasteiger partial charge is 0.146 e. The number of fused-ring (bicyclic) bond motifs is 2. The van der Waals surface area contributed by atoms with Crippen molar-refractivity contribution in [2.45, 2.75) is 25.4 Å². The second kappa shape index (κ2) is 7.50. The van der Waals surface area contributed by atoms with Crippen LogP contribution < -0.4 is 11.5 Å². The third kappa shape index (κ3) is 3.07. The van der Waals surface area contributed by atoms with Crippen molar-refractivity contribution in [2.24, 2.45) is 11.7 Å². The minimum absolute atomic E-state index is 0.421. The van der Waals surface area contributed by atoms with E-state index in [1.54, 1.807) is 6.33 Å². The topological polar surface area (TPSA) is 87.7 Å². The van der Waals surface area contributed by atoms with E-state index in [4.69, 9.17) is 11.5 Å². The lowest BCUT2D eigenvalue weighted by atomic mass is 9.80. The molecule has 6 heteroatoms. The number of aromatic nitrogens is 4. The maximum absolute atomic E-state index is 6.33.